The number of hydrogen-bond acceptors (Lipinski definition) is 4. The first-order valence-electron chi connectivity index (χ1n) is 7.13. The van der Waals surface area contributed by atoms with Crippen molar-refractivity contribution in [2.24, 2.45) is 5.73 Å². The summed E-state index contributed by atoms with van der Waals surface area (Å²) < 4.78 is 0. The van der Waals surface area contributed by atoms with Crippen LogP contribution in [0.15, 0.2) is 60.8 Å². The van der Waals surface area contributed by atoms with Crippen LogP contribution in [0.25, 0.3) is 10.9 Å². The Bertz CT molecular complexity index is 707. The third-order valence-electron chi connectivity index (χ3n) is 3.47. The van der Waals surface area contributed by atoms with Gasteiger partial charge in [0.1, 0.15) is 0 Å². The minimum absolute atomic E-state index is 0.666. The summed E-state index contributed by atoms with van der Waals surface area (Å²) >= 11 is 0. The molecule has 0 saturated heterocycles. The van der Waals surface area contributed by atoms with Crippen molar-refractivity contribution in [3.8, 4) is 0 Å². The van der Waals surface area contributed by atoms with Crippen LogP contribution in [0.4, 0.5) is 11.4 Å². The average molecular weight is 278 g/mol. The number of nitrogens with two attached hydrogens (primary N) is 1. The van der Waals surface area contributed by atoms with Crippen molar-refractivity contribution in [2.45, 2.75) is 6.42 Å². The van der Waals surface area contributed by atoms with Gasteiger partial charge in [0.05, 0.1) is 17.4 Å². The van der Waals surface area contributed by atoms with Crippen molar-refractivity contribution in [3.63, 3.8) is 0 Å². The van der Waals surface area contributed by atoms with E-state index in [2.05, 4.69) is 33.3 Å². The van der Waals surface area contributed by atoms with Gasteiger partial charge in [-0.2, -0.15) is 10.2 Å². The lowest BCUT2D eigenvalue weighted by Gasteiger charge is -2.25. The molecule has 0 spiro atoms. The molecule has 4 heteroatoms. The largest absolute Gasteiger partial charge is 0.340 e. The summed E-state index contributed by atoms with van der Waals surface area (Å²) in [5.74, 6) is 0. The van der Waals surface area contributed by atoms with Crippen LogP contribution >= 0.6 is 0 Å². The molecule has 4 nitrogen and oxygen atoms in total. The fourth-order valence-corrected chi connectivity index (χ4v) is 2.45. The van der Waals surface area contributed by atoms with E-state index in [1.165, 1.54) is 0 Å². The van der Waals surface area contributed by atoms with E-state index in [0.717, 1.165) is 35.2 Å². The number of nitrogens with zero attached hydrogens (tertiary/aromatic N) is 3. The molecule has 0 amide bonds. The lowest BCUT2D eigenvalue weighted by atomic mass is 10.1. The molecule has 3 rings (SSSR count). The third kappa shape index (κ3) is 2.85. The Morgan fingerprint density at radius 2 is 1.71 bits per heavy atom. The zero-order chi connectivity index (χ0) is 14.5. The van der Waals surface area contributed by atoms with Gasteiger partial charge in [0.2, 0.25) is 0 Å². The van der Waals surface area contributed by atoms with Gasteiger partial charge in [0, 0.05) is 17.6 Å². The molecular weight excluding hydrogens is 260 g/mol. The van der Waals surface area contributed by atoms with Crippen LogP contribution in [0.2, 0.25) is 0 Å². The lowest BCUT2D eigenvalue weighted by molar-refractivity contribution is 0.817. The van der Waals surface area contributed by atoms with Crippen molar-refractivity contribution in [1.29, 1.82) is 0 Å². The molecule has 3 aromatic rings. The standard InChI is InChI=1S/C17H18N4/c18-11-6-12-21(14-7-2-1-3-8-14)17-13-19-20-16-10-5-4-9-15(16)17/h1-5,7-10,13H,6,11-12,18H2. The van der Waals surface area contributed by atoms with E-state index in [4.69, 9.17) is 5.73 Å². The Balaban J connectivity index is 2.10. The van der Waals surface area contributed by atoms with E-state index in [1.807, 2.05) is 42.6 Å². The molecule has 2 aromatic carbocycles. The van der Waals surface area contributed by atoms with Crippen LogP contribution < -0.4 is 10.6 Å². The van der Waals surface area contributed by atoms with Gasteiger partial charge in [-0.3, -0.25) is 0 Å². The SMILES string of the molecule is NCCCN(c1ccccc1)c1cnnc2ccccc12. The van der Waals surface area contributed by atoms with E-state index in [0.29, 0.717) is 6.54 Å². The number of hydrogen-bond donors (Lipinski definition) is 1. The van der Waals surface area contributed by atoms with E-state index in [1.54, 1.807) is 0 Å². The monoisotopic (exact) mass is 278 g/mol. The second-order valence-corrected chi connectivity index (χ2v) is 4.88. The Kier molecular flexibility index (Phi) is 4.07. The third-order valence-corrected chi connectivity index (χ3v) is 3.47. The Morgan fingerprint density at radius 3 is 2.52 bits per heavy atom. The highest BCUT2D eigenvalue weighted by atomic mass is 15.2. The van der Waals surface area contributed by atoms with Gasteiger partial charge in [0.25, 0.3) is 0 Å². The van der Waals surface area contributed by atoms with Gasteiger partial charge in [-0.1, -0.05) is 36.4 Å². The molecule has 1 aromatic heterocycles. The molecule has 21 heavy (non-hydrogen) atoms. The average Bonchev–Trinajstić information content (AvgIpc) is 2.56. The number of fused-ring (bicyclic) bond motifs is 1. The summed E-state index contributed by atoms with van der Waals surface area (Å²) in [5, 5.41) is 9.45. The van der Waals surface area contributed by atoms with E-state index >= 15 is 0 Å². The zero-order valence-corrected chi connectivity index (χ0v) is 11.8. The second kappa shape index (κ2) is 6.33. The highest BCUT2D eigenvalue weighted by molar-refractivity contribution is 5.92. The van der Waals surface area contributed by atoms with Gasteiger partial charge in [-0.05, 0) is 31.2 Å². The summed E-state index contributed by atoms with van der Waals surface area (Å²) in [6.07, 6.45) is 2.75. The van der Waals surface area contributed by atoms with Crippen LogP contribution in [0.3, 0.4) is 0 Å². The van der Waals surface area contributed by atoms with Crippen molar-refractivity contribution in [3.05, 3.63) is 60.8 Å². The smallest absolute Gasteiger partial charge is 0.0950 e. The second-order valence-electron chi connectivity index (χ2n) is 4.88. The maximum absolute atomic E-state index is 5.69. The fraction of sp³-hybridized carbons (Fsp3) is 0.176. The first kappa shape index (κ1) is 13.5. The molecule has 106 valence electrons. The van der Waals surface area contributed by atoms with Gasteiger partial charge in [-0.25, -0.2) is 0 Å². The number of rotatable bonds is 5. The predicted molar refractivity (Wildman–Crippen MR) is 86.7 cm³/mol. The number of para-hydroxylation sites is 1. The molecule has 2 N–H and O–H groups in total. The summed E-state index contributed by atoms with van der Waals surface area (Å²) in [4.78, 5) is 2.25. The van der Waals surface area contributed by atoms with E-state index in [-0.39, 0.29) is 0 Å². The maximum atomic E-state index is 5.69. The predicted octanol–water partition coefficient (Wildman–Crippen LogP) is 3.12. The molecule has 0 atom stereocenters. The summed E-state index contributed by atoms with van der Waals surface area (Å²) in [6.45, 7) is 1.52. The zero-order valence-electron chi connectivity index (χ0n) is 11.8. The molecule has 0 radical (unpaired) electrons. The number of aromatic nitrogens is 2. The van der Waals surface area contributed by atoms with Crippen LogP contribution in [0.1, 0.15) is 6.42 Å². The van der Waals surface area contributed by atoms with Crippen LogP contribution in [-0.4, -0.2) is 23.3 Å². The van der Waals surface area contributed by atoms with Gasteiger partial charge in [-0.15, -0.1) is 0 Å². The molecule has 0 aliphatic heterocycles. The van der Waals surface area contributed by atoms with Crippen LogP contribution in [0.5, 0.6) is 0 Å². The highest BCUT2D eigenvalue weighted by Gasteiger charge is 2.12. The molecule has 0 unspecified atom stereocenters. The molecule has 0 aliphatic rings. The normalized spacial score (nSPS) is 10.7. The molecule has 0 aliphatic carbocycles. The van der Waals surface area contributed by atoms with E-state index < -0.39 is 0 Å². The molecular formula is C17H18N4. The summed E-state index contributed by atoms with van der Waals surface area (Å²) in [7, 11) is 0. The first-order chi connectivity index (χ1) is 10.4. The number of benzene rings is 2. The lowest BCUT2D eigenvalue weighted by Crippen LogP contribution is -2.21. The van der Waals surface area contributed by atoms with Gasteiger partial charge < -0.3 is 10.6 Å². The molecule has 1 heterocycles. The van der Waals surface area contributed by atoms with Gasteiger partial charge in [0.15, 0.2) is 0 Å². The quantitative estimate of drug-likeness (QED) is 0.779. The van der Waals surface area contributed by atoms with Crippen molar-refractivity contribution < 1.29 is 0 Å². The fourth-order valence-electron chi connectivity index (χ4n) is 2.45. The van der Waals surface area contributed by atoms with Gasteiger partial charge >= 0.3 is 0 Å². The minimum atomic E-state index is 0.666. The number of anilines is 2. The Morgan fingerprint density at radius 1 is 0.952 bits per heavy atom. The Labute approximate surface area is 124 Å². The first-order valence-corrected chi connectivity index (χ1v) is 7.13. The Hall–Kier alpha value is -2.46. The molecule has 0 fully saturated rings. The summed E-state index contributed by atoms with van der Waals surface area (Å²) in [6, 6.07) is 18.4. The molecule has 0 saturated carbocycles. The van der Waals surface area contributed by atoms with Crippen molar-refractivity contribution >= 4 is 22.3 Å². The minimum Gasteiger partial charge on any atom is -0.340 e. The van der Waals surface area contributed by atoms with Crippen molar-refractivity contribution in [1.82, 2.24) is 10.2 Å². The maximum Gasteiger partial charge on any atom is 0.0950 e. The van der Waals surface area contributed by atoms with Crippen LogP contribution in [-0.2, 0) is 0 Å². The molecule has 0 bridgehead atoms. The van der Waals surface area contributed by atoms with Crippen molar-refractivity contribution in [2.75, 3.05) is 18.0 Å². The summed E-state index contributed by atoms with van der Waals surface area (Å²) in [5.41, 5.74) is 8.81. The van der Waals surface area contributed by atoms with E-state index in [9.17, 15) is 0 Å². The topological polar surface area (TPSA) is 55.0 Å². The van der Waals surface area contributed by atoms with Crippen LogP contribution in [0, 0.1) is 0 Å². The highest BCUT2D eigenvalue weighted by Crippen LogP contribution is 2.30.